The summed E-state index contributed by atoms with van der Waals surface area (Å²) in [5.74, 6) is 0.948. The highest BCUT2D eigenvalue weighted by molar-refractivity contribution is 7.99. The molecule has 2 aromatic rings. The lowest BCUT2D eigenvalue weighted by atomic mass is 10.3. The number of carboxylic acids is 1. The Hall–Kier alpha value is -1.34. The van der Waals surface area contributed by atoms with Crippen LogP contribution < -0.4 is 4.74 Å². The third kappa shape index (κ3) is 3.85. The van der Waals surface area contributed by atoms with Gasteiger partial charge in [0.05, 0.1) is 18.4 Å². The van der Waals surface area contributed by atoms with Gasteiger partial charge in [-0.3, -0.25) is 4.79 Å². The van der Waals surface area contributed by atoms with Crippen LogP contribution in [0.25, 0.3) is 11.0 Å². The van der Waals surface area contributed by atoms with Crippen molar-refractivity contribution in [3.63, 3.8) is 0 Å². The molecule has 0 aliphatic heterocycles. The van der Waals surface area contributed by atoms with Gasteiger partial charge in [-0.15, -0.1) is 0 Å². The van der Waals surface area contributed by atoms with Crippen LogP contribution in [0.3, 0.4) is 0 Å². The minimum Gasteiger partial charge on any atom is -0.494 e. The number of nitrogens with zero attached hydrogens (tertiary/aromatic N) is 2. The summed E-state index contributed by atoms with van der Waals surface area (Å²) < 4.78 is 7.43. The van der Waals surface area contributed by atoms with E-state index in [0.717, 1.165) is 34.9 Å². The molecule has 0 atom stereocenters. The molecule has 1 N–H and O–H groups in total. The van der Waals surface area contributed by atoms with Crippen molar-refractivity contribution < 1.29 is 14.6 Å². The molecular weight excluding hydrogens is 308 g/mol. The molecule has 0 aliphatic carbocycles. The molecule has 0 saturated carbocycles. The van der Waals surface area contributed by atoms with Crippen molar-refractivity contribution >= 4 is 40.5 Å². The number of aliphatic carboxylic acids is 1. The first kappa shape index (κ1) is 16.0. The number of hydrogen-bond acceptors (Lipinski definition) is 5. The Morgan fingerprint density at radius 3 is 2.95 bits per heavy atom. The number of carboxylic acid groups (broad SMARTS) is 1. The highest BCUT2D eigenvalue weighted by atomic mass is 32.2. The highest BCUT2D eigenvalue weighted by Crippen LogP contribution is 2.30. The second kappa shape index (κ2) is 7.61. The summed E-state index contributed by atoms with van der Waals surface area (Å²) in [5, 5.41) is 9.60. The van der Waals surface area contributed by atoms with Crippen LogP contribution in [0.4, 0.5) is 0 Å². The second-order valence-corrected chi connectivity index (χ2v) is 6.33. The number of fused-ring (bicyclic) bond motifs is 1. The molecule has 0 spiro atoms. The third-order valence-electron chi connectivity index (χ3n) is 2.98. The predicted octanol–water partition coefficient (Wildman–Crippen LogP) is 2.97. The summed E-state index contributed by atoms with van der Waals surface area (Å²) in [5.41, 5.74) is 1.78. The van der Waals surface area contributed by atoms with Crippen molar-refractivity contribution in [1.82, 2.24) is 9.55 Å². The molecule has 0 fully saturated rings. The normalized spacial score (nSPS) is 11.0. The molecule has 7 heteroatoms. The summed E-state index contributed by atoms with van der Waals surface area (Å²) >= 11 is 3.05. The Morgan fingerprint density at radius 2 is 2.29 bits per heavy atom. The molecule has 114 valence electrons. The predicted molar refractivity (Wildman–Crippen MR) is 87.6 cm³/mol. The van der Waals surface area contributed by atoms with Crippen LogP contribution >= 0.6 is 23.5 Å². The van der Waals surface area contributed by atoms with Crippen LogP contribution in [-0.4, -0.2) is 45.5 Å². The quantitative estimate of drug-likeness (QED) is 0.594. The van der Waals surface area contributed by atoms with Gasteiger partial charge in [-0.1, -0.05) is 17.8 Å². The van der Waals surface area contributed by atoms with Gasteiger partial charge in [-0.2, -0.15) is 11.8 Å². The van der Waals surface area contributed by atoms with Gasteiger partial charge in [-0.25, -0.2) is 4.98 Å². The first-order valence-electron chi connectivity index (χ1n) is 6.54. The second-order valence-electron chi connectivity index (χ2n) is 4.40. The number of aryl methyl sites for hydroxylation is 1. The van der Waals surface area contributed by atoms with E-state index in [4.69, 9.17) is 9.84 Å². The van der Waals surface area contributed by atoms with Crippen LogP contribution in [0, 0.1) is 0 Å². The van der Waals surface area contributed by atoms with Crippen LogP contribution in [0.5, 0.6) is 5.75 Å². The molecular formula is C14H18N2O3S2. The maximum absolute atomic E-state index is 10.8. The van der Waals surface area contributed by atoms with E-state index in [0.29, 0.717) is 5.75 Å². The number of carbonyl (C=O) groups is 1. The molecule has 0 radical (unpaired) electrons. The number of para-hydroxylation sites is 1. The summed E-state index contributed by atoms with van der Waals surface area (Å²) in [6, 6.07) is 5.79. The van der Waals surface area contributed by atoms with Crippen molar-refractivity contribution in [3.8, 4) is 5.75 Å². The van der Waals surface area contributed by atoms with Crippen molar-refractivity contribution in [2.24, 2.45) is 0 Å². The van der Waals surface area contributed by atoms with E-state index in [9.17, 15) is 4.79 Å². The SMILES string of the molecule is COc1cccc2c1nc(SCC(=O)O)n2CCCSC. The van der Waals surface area contributed by atoms with Gasteiger partial charge in [0.2, 0.25) is 0 Å². The number of rotatable bonds is 8. The lowest BCUT2D eigenvalue weighted by Crippen LogP contribution is -2.04. The number of methoxy groups -OCH3 is 1. The zero-order chi connectivity index (χ0) is 15.2. The average Bonchev–Trinajstić information content (AvgIpc) is 2.83. The van der Waals surface area contributed by atoms with Crippen LogP contribution in [-0.2, 0) is 11.3 Å². The van der Waals surface area contributed by atoms with Gasteiger partial charge < -0.3 is 14.4 Å². The van der Waals surface area contributed by atoms with Crippen LogP contribution in [0.15, 0.2) is 23.4 Å². The smallest absolute Gasteiger partial charge is 0.313 e. The Morgan fingerprint density at radius 1 is 1.48 bits per heavy atom. The molecule has 0 aliphatic rings. The summed E-state index contributed by atoms with van der Waals surface area (Å²) in [6.45, 7) is 0.826. The fourth-order valence-electron chi connectivity index (χ4n) is 2.08. The molecule has 0 saturated heterocycles. The van der Waals surface area contributed by atoms with Crippen molar-refractivity contribution in [2.45, 2.75) is 18.1 Å². The molecule has 2 rings (SSSR count). The molecule has 21 heavy (non-hydrogen) atoms. The van der Waals surface area contributed by atoms with Gasteiger partial charge in [0.1, 0.15) is 11.3 Å². The maximum Gasteiger partial charge on any atom is 0.313 e. The van der Waals surface area contributed by atoms with Gasteiger partial charge in [0.15, 0.2) is 5.16 Å². The van der Waals surface area contributed by atoms with E-state index >= 15 is 0 Å². The lowest BCUT2D eigenvalue weighted by molar-refractivity contribution is -0.133. The lowest BCUT2D eigenvalue weighted by Gasteiger charge is -2.08. The highest BCUT2D eigenvalue weighted by Gasteiger charge is 2.15. The summed E-state index contributed by atoms with van der Waals surface area (Å²) in [4.78, 5) is 15.4. The van der Waals surface area contributed by atoms with Crippen molar-refractivity contribution in [3.05, 3.63) is 18.2 Å². The number of benzene rings is 1. The van der Waals surface area contributed by atoms with E-state index in [1.807, 2.05) is 18.2 Å². The topological polar surface area (TPSA) is 64.3 Å². The Kier molecular flexibility index (Phi) is 5.81. The molecule has 5 nitrogen and oxygen atoms in total. The summed E-state index contributed by atoms with van der Waals surface area (Å²) in [6.07, 6.45) is 3.10. The largest absolute Gasteiger partial charge is 0.494 e. The van der Waals surface area contributed by atoms with Gasteiger partial charge in [0, 0.05) is 6.54 Å². The molecule has 0 unspecified atom stereocenters. The van der Waals surface area contributed by atoms with E-state index in [2.05, 4.69) is 15.8 Å². The molecule has 1 aromatic heterocycles. The number of thioether (sulfide) groups is 2. The van der Waals surface area contributed by atoms with E-state index in [1.54, 1.807) is 18.9 Å². The summed E-state index contributed by atoms with van der Waals surface area (Å²) in [7, 11) is 1.62. The molecule has 0 bridgehead atoms. The zero-order valence-corrected chi connectivity index (χ0v) is 13.7. The fraction of sp³-hybridized carbons (Fsp3) is 0.429. The van der Waals surface area contributed by atoms with Gasteiger partial charge >= 0.3 is 5.97 Å². The van der Waals surface area contributed by atoms with E-state index in [-0.39, 0.29) is 5.75 Å². The number of hydrogen-bond donors (Lipinski definition) is 1. The number of imidazole rings is 1. The average molecular weight is 326 g/mol. The first-order chi connectivity index (χ1) is 10.2. The van der Waals surface area contributed by atoms with E-state index < -0.39 is 5.97 Å². The minimum absolute atomic E-state index is 0.00810. The minimum atomic E-state index is -0.838. The Bertz CT molecular complexity index is 628. The van der Waals surface area contributed by atoms with Gasteiger partial charge in [-0.05, 0) is 30.6 Å². The maximum atomic E-state index is 10.8. The van der Waals surface area contributed by atoms with Crippen LogP contribution in [0.1, 0.15) is 6.42 Å². The van der Waals surface area contributed by atoms with Crippen LogP contribution in [0.2, 0.25) is 0 Å². The van der Waals surface area contributed by atoms with Crippen molar-refractivity contribution in [2.75, 3.05) is 24.9 Å². The number of aromatic nitrogens is 2. The van der Waals surface area contributed by atoms with E-state index in [1.165, 1.54) is 11.8 Å². The molecule has 1 heterocycles. The monoisotopic (exact) mass is 326 g/mol. The number of ether oxygens (including phenoxy) is 1. The first-order valence-corrected chi connectivity index (χ1v) is 8.92. The standard InChI is InChI=1S/C14H18N2O3S2/c1-19-11-6-3-5-10-13(11)15-14(21-9-12(17)18)16(10)7-4-8-20-2/h3,5-6H,4,7-9H2,1-2H3,(H,17,18). The zero-order valence-electron chi connectivity index (χ0n) is 12.0. The Balaban J connectivity index is 2.38. The van der Waals surface area contributed by atoms with Crippen molar-refractivity contribution in [1.29, 1.82) is 0 Å². The Labute approximate surface area is 132 Å². The van der Waals surface area contributed by atoms with Gasteiger partial charge in [0.25, 0.3) is 0 Å². The third-order valence-corrected chi connectivity index (χ3v) is 4.64. The molecule has 0 amide bonds. The molecule has 1 aromatic carbocycles. The fourth-order valence-corrected chi connectivity index (χ4v) is 3.26.